The fourth-order valence-corrected chi connectivity index (χ4v) is 1.18. The maximum atomic E-state index is 11.4. The Hall–Kier alpha value is -1.63. The van der Waals surface area contributed by atoms with E-state index in [1.165, 1.54) is 0 Å². The van der Waals surface area contributed by atoms with Crippen molar-refractivity contribution in [3.8, 4) is 0 Å². The van der Waals surface area contributed by atoms with Crippen LogP contribution in [0.1, 0.15) is 6.42 Å². The average molecular weight is 214 g/mol. The molecule has 0 aliphatic carbocycles. The lowest BCUT2D eigenvalue weighted by molar-refractivity contribution is -0.126. The summed E-state index contributed by atoms with van der Waals surface area (Å²) in [5.74, 6) is -0.826. The summed E-state index contributed by atoms with van der Waals surface area (Å²) in [6.45, 7) is 0.620. The highest BCUT2D eigenvalue weighted by atomic mass is 16.2. The number of nitrogens with two attached hydrogens (primary N) is 1. The molecular weight excluding hydrogens is 200 g/mol. The summed E-state index contributed by atoms with van der Waals surface area (Å²) in [4.78, 5) is 32.6. The quantitative estimate of drug-likeness (QED) is 0.401. The van der Waals surface area contributed by atoms with Gasteiger partial charge in [-0.15, -0.1) is 0 Å². The molecule has 0 spiro atoms. The van der Waals surface area contributed by atoms with Crippen LogP contribution >= 0.6 is 0 Å². The third-order valence-corrected chi connectivity index (χ3v) is 2.00. The van der Waals surface area contributed by atoms with Gasteiger partial charge in [-0.25, -0.2) is 0 Å². The number of carbonyl (C=O) groups is 3. The second-order valence-electron chi connectivity index (χ2n) is 3.24. The van der Waals surface area contributed by atoms with Gasteiger partial charge >= 0.3 is 0 Å². The normalized spacial score (nSPS) is 20.5. The van der Waals surface area contributed by atoms with Crippen LogP contribution in [-0.2, 0) is 14.4 Å². The van der Waals surface area contributed by atoms with Gasteiger partial charge in [-0.2, -0.15) is 0 Å². The van der Waals surface area contributed by atoms with Gasteiger partial charge < -0.3 is 16.4 Å². The average Bonchev–Trinajstić information content (AvgIpc) is 2.18. The minimum atomic E-state index is -0.458. The van der Waals surface area contributed by atoms with E-state index in [0.29, 0.717) is 0 Å². The van der Waals surface area contributed by atoms with Crippen molar-refractivity contribution in [1.82, 2.24) is 16.0 Å². The molecule has 0 aromatic carbocycles. The number of rotatable bonds is 4. The predicted octanol–water partition coefficient (Wildman–Crippen LogP) is -2.93. The SMILES string of the molecule is NC(=O)CCNC(=O)C1CNC(=O)CN1. The minimum Gasteiger partial charge on any atom is -0.370 e. The molecule has 7 heteroatoms. The summed E-state index contributed by atoms with van der Waals surface area (Å²) in [5, 5.41) is 7.87. The Labute approximate surface area is 86.8 Å². The van der Waals surface area contributed by atoms with Crippen molar-refractivity contribution >= 4 is 17.7 Å². The lowest BCUT2D eigenvalue weighted by Crippen LogP contribution is -2.58. The standard InChI is InChI=1S/C8H14N4O3/c9-6(13)1-2-10-8(15)5-3-12-7(14)4-11-5/h5,11H,1-4H2,(H2,9,13)(H,10,15)(H,12,14). The Morgan fingerprint density at radius 2 is 2.27 bits per heavy atom. The number of piperazine rings is 1. The molecule has 15 heavy (non-hydrogen) atoms. The van der Waals surface area contributed by atoms with Crippen molar-refractivity contribution in [2.45, 2.75) is 12.5 Å². The van der Waals surface area contributed by atoms with Crippen LogP contribution in [0.25, 0.3) is 0 Å². The van der Waals surface area contributed by atoms with E-state index in [1.807, 2.05) is 0 Å². The molecule has 1 rings (SSSR count). The molecule has 1 aliphatic rings. The molecule has 1 fully saturated rings. The zero-order chi connectivity index (χ0) is 11.3. The van der Waals surface area contributed by atoms with Gasteiger partial charge in [0.1, 0.15) is 6.04 Å². The molecule has 3 amide bonds. The van der Waals surface area contributed by atoms with Gasteiger partial charge in [-0.05, 0) is 0 Å². The fraction of sp³-hybridized carbons (Fsp3) is 0.625. The lowest BCUT2D eigenvalue weighted by Gasteiger charge is -2.22. The molecule has 0 aromatic heterocycles. The number of hydrogen-bond donors (Lipinski definition) is 4. The van der Waals surface area contributed by atoms with E-state index in [4.69, 9.17) is 5.73 Å². The van der Waals surface area contributed by atoms with Crippen LogP contribution in [0.15, 0.2) is 0 Å². The molecule has 1 heterocycles. The first-order valence-electron chi connectivity index (χ1n) is 4.65. The van der Waals surface area contributed by atoms with Gasteiger partial charge in [0.05, 0.1) is 6.54 Å². The Morgan fingerprint density at radius 3 is 2.80 bits per heavy atom. The largest absolute Gasteiger partial charge is 0.370 e. The van der Waals surface area contributed by atoms with E-state index in [2.05, 4.69) is 16.0 Å². The van der Waals surface area contributed by atoms with Crippen molar-refractivity contribution < 1.29 is 14.4 Å². The highest BCUT2D eigenvalue weighted by molar-refractivity contribution is 5.87. The smallest absolute Gasteiger partial charge is 0.238 e. The highest BCUT2D eigenvalue weighted by Gasteiger charge is 2.23. The van der Waals surface area contributed by atoms with Crippen LogP contribution in [-0.4, -0.2) is 43.4 Å². The van der Waals surface area contributed by atoms with E-state index in [1.54, 1.807) is 0 Å². The van der Waals surface area contributed by atoms with Gasteiger partial charge in [0, 0.05) is 19.5 Å². The Kier molecular flexibility index (Phi) is 4.04. The number of amides is 3. The molecule has 1 atom stereocenters. The maximum Gasteiger partial charge on any atom is 0.238 e. The molecule has 0 radical (unpaired) electrons. The Morgan fingerprint density at radius 1 is 1.53 bits per heavy atom. The summed E-state index contributed by atoms with van der Waals surface area (Å²) < 4.78 is 0. The predicted molar refractivity (Wildman–Crippen MR) is 51.6 cm³/mol. The Balaban J connectivity index is 2.22. The van der Waals surface area contributed by atoms with Crippen molar-refractivity contribution in [3.63, 3.8) is 0 Å². The molecule has 1 aliphatic heterocycles. The van der Waals surface area contributed by atoms with Crippen LogP contribution < -0.4 is 21.7 Å². The molecular formula is C8H14N4O3. The number of hydrogen-bond acceptors (Lipinski definition) is 4. The molecule has 0 aromatic rings. The van der Waals surface area contributed by atoms with Crippen molar-refractivity contribution in [3.05, 3.63) is 0 Å². The highest BCUT2D eigenvalue weighted by Crippen LogP contribution is 1.88. The number of carbonyl (C=O) groups excluding carboxylic acids is 3. The number of nitrogens with one attached hydrogen (secondary N) is 3. The van der Waals surface area contributed by atoms with Gasteiger partial charge in [0.15, 0.2) is 0 Å². The lowest BCUT2D eigenvalue weighted by atomic mass is 10.2. The van der Waals surface area contributed by atoms with Crippen LogP contribution in [0.5, 0.6) is 0 Å². The Bertz CT molecular complexity index is 269. The molecule has 1 saturated heterocycles. The molecule has 1 unspecified atom stereocenters. The second kappa shape index (κ2) is 5.30. The van der Waals surface area contributed by atoms with E-state index in [0.717, 1.165) is 0 Å². The molecule has 5 N–H and O–H groups in total. The fourth-order valence-electron chi connectivity index (χ4n) is 1.18. The van der Waals surface area contributed by atoms with E-state index in [-0.39, 0.29) is 37.9 Å². The first-order valence-corrected chi connectivity index (χ1v) is 4.65. The first kappa shape index (κ1) is 11.4. The third kappa shape index (κ3) is 3.94. The van der Waals surface area contributed by atoms with E-state index >= 15 is 0 Å². The summed E-state index contributed by atoms with van der Waals surface area (Å²) >= 11 is 0. The van der Waals surface area contributed by atoms with Gasteiger partial charge in [-0.3, -0.25) is 19.7 Å². The van der Waals surface area contributed by atoms with Crippen molar-refractivity contribution in [1.29, 1.82) is 0 Å². The first-order chi connectivity index (χ1) is 7.09. The zero-order valence-electron chi connectivity index (χ0n) is 8.21. The van der Waals surface area contributed by atoms with E-state index < -0.39 is 11.9 Å². The van der Waals surface area contributed by atoms with Crippen LogP contribution in [0.2, 0.25) is 0 Å². The van der Waals surface area contributed by atoms with Gasteiger partial charge in [0.25, 0.3) is 0 Å². The van der Waals surface area contributed by atoms with Crippen molar-refractivity contribution in [2.24, 2.45) is 5.73 Å². The summed E-state index contributed by atoms with van der Waals surface area (Å²) in [5.41, 5.74) is 4.91. The zero-order valence-corrected chi connectivity index (χ0v) is 8.21. The van der Waals surface area contributed by atoms with Gasteiger partial charge in [-0.1, -0.05) is 0 Å². The van der Waals surface area contributed by atoms with E-state index in [9.17, 15) is 14.4 Å². The minimum absolute atomic E-state index is 0.116. The summed E-state index contributed by atoms with van der Waals surface area (Å²) in [6, 6.07) is -0.435. The molecule has 84 valence electrons. The second-order valence-corrected chi connectivity index (χ2v) is 3.24. The molecule has 0 bridgehead atoms. The summed E-state index contributed by atoms with van der Waals surface area (Å²) in [6.07, 6.45) is 0.116. The van der Waals surface area contributed by atoms with Crippen LogP contribution in [0.3, 0.4) is 0 Å². The number of primary amides is 1. The monoisotopic (exact) mass is 214 g/mol. The van der Waals surface area contributed by atoms with Crippen LogP contribution in [0, 0.1) is 0 Å². The summed E-state index contributed by atoms with van der Waals surface area (Å²) in [7, 11) is 0. The molecule has 0 saturated carbocycles. The maximum absolute atomic E-state index is 11.4. The van der Waals surface area contributed by atoms with Crippen LogP contribution in [0.4, 0.5) is 0 Å². The third-order valence-electron chi connectivity index (χ3n) is 2.00. The van der Waals surface area contributed by atoms with Gasteiger partial charge in [0.2, 0.25) is 17.7 Å². The topological polar surface area (TPSA) is 113 Å². The van der Waals surface area contributed by atoms with Crippen molar-refractivity contribution in [2.75, 3.05) is 19.6 Å². The molecule has 7 nitrogen and oxygen atoms in total.